The van der Waals surface area contributed by atoms with E-state index in [9.17, 15) is 14.4 Å². The van der Waals surface area contributed by atoms with Crippen LogP contribution in [0.3, 0.4) is 0 Å². The molecule has 0 aromatic heterocycles. The number of carbonyl (C=O) groups excluding carboxylic acids is 3. The minimum Gasteiger partial charge on any atom is -0.466 e. The quantitative estimate of drug-likeness (QED) is 0.0654. The lowest BCUT2D eigenvalue weighted by molar-refractivity contribution is -0.177. The standard InChI is InChI=1S/C28H52O6/c1-5-9-10-11-12-13-14-15-16-17-18-19-20-21-22-23-28(26(30)33-7-3,27(31)34-8-4)24-25(29)32-6-2/h5-24H2,1-4H3. The van der Waals surface area contributed by atoms with Crippen molar-refractivity contribution in [2.24, 2.45) is 5.41 Å². The zero-order valence-corrected chi connectivity index (χ0v) is 22.6. The third kappa shape index (κ3) is 14.6. The van der Waals surface area contributed by atoms with E-state index in [1.807, 2.05) is 0 Å². The van der Waals surface area contributed by atoms with E-state index in [0.717, 1.165) is 19.3 Å². The van der Waals surface area contributed by atoms with E-state index in [0.29, 0.717) is 6.42 Å². The summed E-state index contributed by atoms with van der Waals surface area (Å²) in [6.45, 7) is 7.80. The Morgan fingerprint density at radius 2 is 0.853 bits per heavy atom. The van der Waals surface area contributed by atoms with Gasteiger partial charge in [0.2, 0.25) is 0 Å². The lowest BCUT2D eigenvalue weighted by atomic mass is 9.79. The van der Waals surface area contributed by atoms with E-state index >= 15 is 0 Å². The lowest BCUT2D eigenvalue weighted by Crippen LogP contribution is -2.44. The fraction of sp³-hybridized carbons (Fsp3) is 0.893. The topological polar surface area (TPSA) is 78.9 Å². The Morgan fingerprint density at radius 3 is 1.21 bits per heavy atom. The molecule has 0 aliphatic rings. The average molecular weight is 485 g/mol. The van der Waals surface area contributed by atoms with Crippen LogP contribution in [0, 0.1) is 5.41 Å². The smallest absolute Gasteiger partial charge is 0.324 e. The van der Waals surface area contributed by atoms with Gasteiger partial charge in [0.15, 0.2) is 5.41 Å². The molecule has 0 bridgehead atoms. The third-order valence-electron chi connectivity index (χ3n) is 6.29. The minimum atomic E-state index is -1.62. The first-order chi connectivity index (χ1) is 16.5. The van der Waals surface area contributed by atoms with Crippen LogP contribution in [-0.2, 0) is 28.6 Å². The highest BCUT2D eigenvalue weighted by atomic mass is 16.6. The Hall–Kier alpha value is -1.59. The first-order valence-corrected chi connectivity index (χ1v) is 14.0. The van der Waals surface area contributed by atoms with Gasteiger partial charge in [-0.05, 0) is 27.2 Å². The highest BCUT2D eigenvalue weighted by Crippen LogP contribution is 2.34. The van der Waals surface area contributed by atoms with E-state index in [2.05, 4.69) is 6.92 Å². The van der Waals surface area contributed by atoms with Crippen LogP contribution in [0.4, 0.5) is 0 Å². The van der Waals surface area contributed by atoms with Crippen LogP contribution in [0.25, 0.3) is 0 Å². The summed E-state index contributed by atoms with van der Waals surface area (Å²) in [7, 11) is 0. The maximum atomic E-state index is 12.8. The van der Waals surface area contributed by atoms with Crippen LogP contribution >= 0.6 is 0 Å². The Bertz CT molecular complexity index is 513. The molecule has 0 unspecified atom stereocenters. The van der Waals surface area contributed by atoms with Gasteiger partial charge in [-0.1, -0.05) is 103 Å². The highest BCUT2D eigenvalue weighted by Gasteiger charge is 2.50. The first-order valence-electron chi connectivity index (χ1n) is 14.0. The van der Waals surface area contributed by atoms with Crippen molar-refractivity contribution in [3.8, 4) is 0 Å². The Kier molecular flexibility index (Phi) is 20.9. The zero-order valence-electron chi connectivity index (χ0n) is 22.6. The highest BCUT2D eigenvalue weighted by molar-refractivity contribution is 6.03. The van der Waals surface area contributed by atoms with Gasteiger partial charge in [-0.3, -0.25) is 14.4 Å². The van der Waals surface area contributed by atoms with Crippen molar-refractivity contribution in [2.75, 3.05) is 19.8 Å². The van der Waals surface area contributed by atoms with E-state index < -0.39 is 23.3 Å². The fourth-order valence-corrected chi connectivity index (χ4v) is 4.32. The van der Waals surface area contributed by atoms with Crippen LogP contribution in [0.5, 0.6) is 0 Å². The molecule has 0 radical (unpaired) electrons. The number of unbranched alkanes of at least 4 members (excludes halogenated alkanes) is 14. The monoisotopic (exact) mass is 484 g/mol. The Morgan fingerprint density at radius 1 is 0.500 bits per heavy atom. The minimum absolute atomic E-state index is 0.141. The summed E-state index contributed by atoms with van der Waals surface area (Å²) in [4.78, 5) is 37.7. The fourth-order valence-electron chi connectivity index (χ4n) is 4.32. The summed E-state index contributed by atoms with van der Waals surface area (Å²) in [6, 6.07) is 0. The molecular formula is C28H52O6. The van der Waals surface area contributed by atoms with Gasteiger partial charge < -0.3 is 14.2 Å². The van der Waals surface area contributed by atoms with Gasteiger partial charge in [-0.25, -0.2) is 0 Å². The molecule has 0 aliphatic carbocycles. The van der Waals surface area contributed by atoms with Gasteiger partial charge >= 0.3 is 17.9 Å². The number of ether oxygens (including phenoxy) is 3. The molecule has 0 amide bonds. The molecule has 0 saturated carbocycles. The number of hydrogen-bond acceptors (Lipinski definition) is 6. The molecule has 0 aliphatic heterocycles. The molecule has 0 N–H and O–H groups in total. The lowest BCUT2D eigenvalue weighted by Gasteiger charge is -2.28. The van der Waals surface area contributed by atoms with Crippen molar-refractivity contribution >= 4 is 17.9 Å². The van der Waals surface area contributed by atoms with Crippen LogP contribution in [0.15, 0.2) is 0 Å². The summed E-state index contributed by atoms with van der Waals surface area (Å²) in [5, 5.41) is 0. The second-order valence-corrected chi connectivity index (χ2v) is 9.20. The molecule has 0 saturated heterocycles. The largest absolute Gasteiger partial charge is 0.466 e. The first kappa shape index (κ1) is 32.4. The van der Waals surface area contributed by atoms with Crippen molar-refractivity contribution in [3.05, 3.63) is 0 Å². The molecule has 0 spiro atoms. The predicted molar refractivity (Wildman–Crippen MR) is 136 cm³/mol. The summed E-state index contributed by atoms with van der Waals surface area (Å²) in [5.41, 5.74) is -1.62. The number of hydrogen-bond donors (Lipinski definition) is 0. The molecule has 0 atom stereocenters. The number of carbonyl (C=O) groups is 3. The second-order valence-electron chi connectivity index (χ2n) is 9.20. The summed E-state index contributed by atoms with van der Waals surface area (Å²) >= 11 is 0. The molecule has 0 rings (SSSR count). The molecule has 200 valence electrons. The molecule has 0 fully saturated rings. The van der Waals surface area contributed by atoms with Crippen molar-refractivity contribution in [1.29, 1.82) is 0 Å². The molecular weight excluding hydrogens is 432 g/mol. The van der Waals surface area contributed by atoms with Gasteiger partial charge in [-0.15, -0.1) is 0 Å². The van der Waals surface area contributed by atoms with Crippen LogP contribution in [-0.4, -0.2) is 37.7 Å². The Labute approximate surface area is 208 Å². The average Bonchev–Trinajstić information content (AvgIpc) is 2.81. The van der Waals surface area contributed by atoms with E-state index in [-0.39, 0.29) is 32.7 Å². The molecule has 0 aromatic carbocycles. The summed E-state index contributed by atoms with van der Waals surface area (Å²) in [6.07, 6.45) is 18.4. The maximum absolute atomic E-state index is 12.8. The molecule has 34 heavy (non-hydrogen) atoms. The number of esters is 3. The molecule has 6 nitrogen and oxygen atoms in total. The van der Waals surface area contributed by atoms with E-state index in [1.54, 1.807) is 20.8 Å². The molecule has 0 heterocycles. The van der Waals surface area contributed by atoms with Crippen molar-refractivity contribution in [2.45, 2.75) is 137 Å². The SMILES string of the molecule is CCCCCCCCCCCCCCCCCC(CC(=O)OCC)(C(=O)OCC)C(=O)OCC. The molecule has 0 aromatic rings. The van der Waals surface area contributed by atoms with Crippen molar-refractivity contribution in [3.63, 3.8) is 0 Å². The van der Waals surface area contributed by atoms with Crippen molar-refractivity contribution < 1.29 is 28.6 Å². The second kappa shape index (κ2) is 21.9. The van der Waals surface area contributed by atoms with Gasteiger partial charge in [-0.2, -0.15) is 0 Å². The maximum Gasteiger partial charge on any atom is 0.324 e. The van der Waals surface area contributed by atoms with Gasteiger partial charge in [0.05, 0.1) is 26.2 Å². The summed E-state index contributed by atoms with van der Waals surface area (Å²) in [5.74, 6) is -1.96. The predicted octanol–water partition coefficient (Wildman–Crippen LogP) is 7.31. The van der Waals surface area contributed by atoms with Crippen LogP contribution < -0.4 is 0 Å². The van der Waals surface area contributed by atoms with Crippen LogP contribution in [0.1, 0.15) is 137 Å². The van der Waals surface area contributed by atoms with Gasteiger partial charge in [0.1, 0.15) is 0 Å². The van der Waals surface area contributed by atoms with Gasteiger partial charge in [0, 0.05) is 0 Å². The number of rotatable bonds is 23. The van der Waals surface area contributed by atoms with Crippen molar-refractivity contribution in [1.82, 2.24) is 0 Å². The Balaban J connectivity index is 4.32. The van der Waals surface area contributed by atoms with E-state index in [4.69, 9.17) is 14.2 Å². The molecule has 6 heteroatoms. The normalized spacial score (nSPS) is 11.3. The van der Waals surface area contributed by atoms with Gasteiger partial charge in [0.25, 0.3) is 0 Å². The summed E-state index contributed by atoms with van der Waals surface area (Å²) < 4.78 is 15.4. The van der Waals surface area contributed by atoms with E-state index in [1.165, 1.54) is 70.6 Å². The third-order valence-corrected chi connectivity index (χ3v) is 6.29. The zero-order chi connectivity index (χ0) is 25.5. The van der Waals surface area contributed by atoms with Crippen LogP contribution in [0.2, 0.25) is 0 Å².